The van der Waals surface area contributed by atoms with Gasteiger partial charge in [0.05, 0.1) is 6.61 Å². The Hall–Kier alpha value is -1.55. The van der Waals surface area contributed by atoms with Crippen molar-refractivity contribution in [2.24, 2.45) is 5.73 Å². The summed E-state index contributed by atoms with van der Waals surface area (Å²) in [6.45, 7) is 1.93. The fraction of sp³-hybridized carbons (Fsp3) is 0.300. The normalized spacial score (nSPS) is 12.1. The molecular weight excluding hydrogens is 180 g/mol. The van der Waals surface area contributed by atoms with E-state index in [1.165, 1.54) is 0 Å². The van der Waals surface area contributed by atoms with E-state index in [4.69, 9.17) is 10.8 Å². The van der Waals surface area contributed by atoms with Gasteiger partial charge >= 0.3 is 0 Å². The Morgan fingerprint density at radius 2 is 2.07 bits per heavy atom. The van der Waals surface area contributed by atoms with Crippen molar-refractivity contribution in [1.29, 1.82) is 0 Å². The number of rotatable bonds is 4. The predicted molar refractivity (Wildman–Crippen MR) is 55.1 cm³/mol. The molecule has 0 saturated heterocycles. The molecule has 1 aromatic rings. The van der Waals surface area contributed by atoms with Gasteiger partial charge in [-0.05, 0) is 31.2 Å². The topological polar surface area (TPSA) is 75.3 Å². The van der Waals surface area contributed by atoms with Crippen LogP contribution in [0.1, 0.15) is 17.3 Å². The average molecular weight is 194 g/mol. The molecule has 0 aliphatic heterocycles. The maximum Gasteiger partial charge on any atom is 0.248 e. The Bertz CT molecular complexity index is 308. The lowest BCUT2D eigenvalue weighted by molar-refractivity contribution is 0.100. The first kappa shape index (κ1) is 10.5. The van der Waals surface area contributed by atoms with Crippen molar-refractivity contribution in [3.8, 4) is 0 Å². The summed E-state index contributed by atoms with van der Waals surface area (Å²) < 4.78 is 0. The minimum absolute atomic E-state index is 0.00516. The van der Waals surface area contributed by atoms with Gasteiger partial charge in [0.25, 0.3) is 0 Å². The van der Waals surface area contributed by atoms with E-state index in [0.29, 0.717) is 5.56 Å². The Morgan fingerprint density at radius 1 is 1.50 bits per heavy atom. The standard InChI is InChI=1S/C10H14N2O2/c1-7(6-13)12-9-4-2-8(3-5-9)10(11)14/h2-5,7,12-13H,6H2,1H3,(H2,11,14). The largest absolute Gasteiger partial charge is 0.394 e. The maximum absolute atomic E-state index is 10.8. The highest BCUT2D eigenvalue weighted by molar-refractivity contribution is 5.93. The molecule has 0 spiro atoms. The van der Waals surface area contributed by atoms with Crippen LogP contribution in [-0.2, 0) is 0 Å². The zero-order valence-electron chi connectivity index (χ0n) is 8.03. The number of hydrogen-bond donors (Lipinski definition) is 3. The lowest BCUT2D eigenvalue weighted by Gasteiger charge is -2.12. The van der Waals surface area contributed by atoms with Gasteiger partial charge in [-0.25, -0.2) is 0 Å². The molecule has 0 aliphatic rings. The lowest BCUT2D eigenvalue weighted by atomic mass is 10.2. The number of nitrogens with two attached hydrogens (primary N) is 1. The molecule has 4 nitrogen and oxygen atoms in total. The number of carbonyl (C=O) groups excluding carboxylic acids is 1. The van der Waals surface area contributed by atoms with Gasteiger partial charge in [-0.3, -0.25) is 4.79 Å². The number of nitrogens with one attached hydrogen (secondary N) is 1. The molecule has 0 radical (unpaired) electrons. The molecule has 0 saturated carbocycles. The van der Waals surface area contributed by atoms with Crippen molar-refractivity contribution in [3.05, 3.63) is 29.8 Å². The molecule has 1 aromatic carbocycles. The smallest absolute Gasteiger partial charge is 0.248 e. The minimum atomic E-state index is -0.438. The van der Waals surface area contributed by atoms with E-state index in [0.717, 1.165) is 5.69 Å². The number of carbonyl (C=O) groups is 1. The van der Waals surface area contributed by atoms with Gasteiger partial charge in [-0.1, -0.05) is 0 Å². The molecule has 0 aliphatic carbocycles. The molecule has 76 valence electrons. The number of benzene rings is 1. The summed E-state index contributed by atoms with van der Waals surface area (Å²) in [5, 5.41) is 11.9. The van der Waals surface area contributed by atoms with Gasteiger partial charge in [0, 0.05) is 17.3 Å². The molecule has 4 N–H and O–H groups in total. The highest BCUT2D eigenvalue weighted by atomic mass is 16.3. The molecule has 0 heterocycles. The second-order valence-corrected chi connectivity index (χ2v) is 3.17. The molecule has 1 unspecified atom stereocenters. The van der Waals surface area contributed by atoms with Crippen LogP contribution < -0.4 is 11.1 Å². The number of aliphatic hydroxyl groups is 1. The number of aliphatic hydroxyl groups excluding tert-OH is 1. The van der Waals surface area contributed by atoms with Gasteiger partial charge < -0.3 is 16.2 Å². The van der Waals surface area contributed by atoms with Crippen molar-refractivity contribution in [2.45, 2.75) is 13.0 Å². The van der Waals surface area contributed by atoms with Crippen molar-refractivity contribution in [2.75, 3.05) is 11.9 Å². The summed E-state index contributed by atoms with van der Waals surface area (Å²) in [5.74, 6) is -0.438. The maximum atomic E-state index is 10.8. The molecule has 14 heavy (non-hydrogen) atoms. The Kier molecular flexibility index (Phi) is 3.48. The minimum Gasteiger partial charge on any atom is -0.394 e. The summed E-state index contributed by atoms with van der Waals surface area (Å²) in [4.78, 5) is 10.8. The highest BCUT2D eigenvalue weighted by Crippen LogP contribution is 2.10. The van der Waals surface area contributed by atoms with Crippen molar-refractivity contribution >= 4 is 11.6 Å². The molecule has 0 aromatic heterocycles. The Morgan fingerprint density at radius 3 is 2.50 bits per heavy atom. The van der Waals surface area contributed by atoms with E-state index in [-0.39, 0.29) is 12.6 Å². The second-order valence-electron chi connectivity index (χ2n) is 3.17. The SMILES string of the molecule is CC(CO)Nc1ccc(C(N)=O)cc1. The van der Waals surface area contributed by atoms with Crippen LogP contribution in [0, 0.1) is 0 Å². The van der Waals surface area contributed by atoms with E-state index < -0.39 is 5.91 Å². The first-order chi connectivity index (χ1) is 6.63. The van der Waals surface area contributed by atoms with E-state index in [9.17, 15) is 4.79 Å². The van der Waals surface area contributed by atoms with Gasteiger partial charge in [0.15, 0.2) is 0 Å². The van der Waals surface area contributed by atoms with Crippen molar-refractivity contribution < 1.29 is 9.90 Å². The first-order valence-electron chi connectivity index (χ1n) is 4.40. The fourth-order valence-corrected chi connectivity index (χ4v) is 1.06. The van der Waals surface area contributed by atoms with E-state index >= 15 is 0 Å². The molecule has 0 bridgehead atoms. The summed E-state index contributed by atoms with van der Waals surface area (Å²) in [6.07, 6.45) is 0. The Balaban J connectivity index is 2.68. The third kappa shape index (κ3) is 2.74. The van der Waals surface area contributed by atoms with Crippen LogP contribution >= 0.6 is 0 Å². The van der Waals surface area contributed by atoms with Crippen LogP contribution in [0.4, 0.5) is 5.69 Å². The number of anilines is 1. The quantitative estimate of drug-likeness (QED) is 0.656. The average Bonchev–Trinajstić information content (AvgIpc) is 2.18. The van der Waals surface area contributed by atoms with Crippen LogP contribution in [-0.4, -0.2) is 23.7 Å². The van der Waals surface area contributed by atoms with Crippen LogP contribution in [0.15, 0.2) is 24.3 Å². The molecule has 4 heteroatoms. The molecule has 1 rings (SSSR count). The summed E-state index contributed by atoms with van der Waals surface area (Å²) in [7, 11) is 0. The number of hydrogen-bond acceptors (Lipinski definition) is 3. The van der Waals surface area contributed by atoms with Gasteiger partial charge in [-0.2, -0.15) is 0 Å². The summed E-state index contributed by atoms with van der Waals surface area (Å²) in [6, 6.07) is 6.80. The third-order valence-corrected chi connectivity index (χ3v) is 1.86. The summed E-state index contributed by atoms with van der Waals surface area (Å²) in [5.41, 5.74) is 6.43. The number of primary amides is 1. The van der Waals surface area contributed by atoms with E-state index in [1.54, 1.807) is 24.3 Å². The van der Waals surface area contributed by atoms with Gasteiger partial charge in [0.2, 0.25) is 5.91 Å². The molecule has 0 fully saturated rings. The van der Waals surface area contributed by atoms with Crippen LogP contribution in [0.2, 0.25) is 0 Å². The van der Waals surface area contributed by atoms with Crippen LogP contribution in [0.5, 0.6) is 0 Å². The van der Waals surface area contributed by atoms with E-state index in [2.05, 4.69) is 5.32 Å². The monoisotopic (exact) mass is 194 g/mol. The number of amides is 1. The van der Waals surface area contributed by atoms with Crippen molar-refractivity contribution in [1.82, 2.24) is 0 Å². The fourth-order valence-electron chi connectivity index (χ4n) is 1.06. The third-order valence-electron chi connectivity index (χ3n) is 1.86. The predicted octanol–water partition coefficient (Wildman–Crippen LogP) is 0.578. The highest BCUT2D eigenvalue weighted by Gasteiger charge is 2.01. The van der Waals surface area contributed by atoms with Crippen LogP contribution in [0.25, 0.3) is 0 Å². The van der Waals surface area contributed by atoms with E-state index in [1.807, 2.05) is 6.92 Å². The van der Waals surface area contributed by atoms with Gasteiger partial charge in [-0.15, -0.1) is 0 Å². The first-order valence-corrected chi connectivity index (χ1v) is 4.40. The molecular formula is C10H14N2O2. The Labute approximate surface area is 82.7 Å². The van der Waals surface area contributed by atoms with Gasteiger partial charge in [0.1, 0.15) is 0 Å². The van der Waals surface area contributed by atoms with Crippen molar-refractivity contribution in [3.63, 3.8) is 0 Å². The zero-order valence-corrected chi connectivity index (χ0v) is 8.03. The second kappa shape index (κ2) is 4.62. The molecule has 1 amide bonds. The lowest BCUT2D eigenvalue weighted by Crippen LogP contribution is -2.19. The molecule has 1 atom stereocenters. The zero-order chi connectivity index (χ0) is 10.6. The van der Waals surface area contributed by atoms with Crippen LogP contribution in [0.3, 0.4) is 0 Å². The summed E-state index contributed by atoms with van der Waals surface area (Å²) >= 11 is 0.